The van der Waals surface area contributed by atoms with Gasteiger partial charge in [-0.2, -0.15) is 0 Å². The normalized spacial score (nSPS) is 19.1. The number of nitrogens with zero attached hydrogens (tertiary/aromatic N) is 1. The Morgan fingerprint density at radius 2 is 1.88 bits per heavy atom. The average Bonchev–Trinajstić information content (AvgIpc) is 3.09. The molecule has 0 bridgehead atoms. The van der Waals surface area contributed by atoms with Gasteiger partial charge in [0.15, 0.2) is 11.5 Å². The first-order chi connectivity index (χ1) is 12.5. The maximum absolute atomic E-state index is 12.5. The average molecular weight is 381 g/mol. The van der Waals surface area contributed by atoms with E-state index in [0.717, 1.165) is 0 Å². The van der Waals surface area contributed by atoms with Crippen molar-refractivity contribution in [3.63, 3.8) is 0 Å². The molecule has 2 unspecified atom stereocenters. The van der Waals surface area contributed by atoms with Crippen LogP contribution >= 0.6 is 11.8 Å². The van der Waals surface area contributed by atoms with Crippen LogP contribution in [0.5, 0.6) is 11.5 Å². The van der Waals surface area contributed by atoms with Gasteiger partial charge in [0.1, 0.15) is 18.0 Å². The molecule has 26 heavy (non-hydrogen) atoms. The summed E-state index contributed by atoms with van der Waals surface area (Å²) in [7, 11) is 1.54. The highest BCUT2D eigenvalue weighted by Gasteiger charge is 2.44. The van der Waals surface area contributed by atoms with Gasteiger partial charge < -0.3 is 19.1 Å². The van der Waals surface area contributed by atoms with Crippen LogP contribution < -0.4 is 9.47 Å². The first-order valence-corrected chi connectivity index (χ1v) is 9.47. The maximum Gasteiger partial charge on any atom is 0.329 e. The Morgan fingerprint density at radius 1 is 1.19 bits per heavy atom. The maximum atomic E-state index is 12.5. The van der Waals surface area contributed by atoms with Gasteiger partial charge in [0, 0.05) is 12.2 Å². The van der Waals surface area contributed by atoms with E-state index in [9.17, 15) is 14.4 Å². The number of benzene rings is 1. The van der Waals surface area contributed by atoms with Crippen molar-refractivity contribution in [3.05, 3.63) is 24.3 Å². The molecule has 2 rings (SSSR count). The van der Waals surface area contributed by atoms with Crippen molar-refractivity contribution in [1.82, 2.24) is 4.90 Å². The molecule has 1 fully saturated rings. The third-order valence-corrected chi connectivity index (χ3v) is 5.15. The number of hydrogen-bond acceptors (Lipinski definition) is 7. The molecule has 0 N–H and O–H groups in total. The number of esters is 1. The number of para-hydroxylation sites is 2. The summed E-state index contributed by atoms with van der Waals surface area (Å²) in [4.78, 5) is 37.9. The molecule has 1 aromatic carbocycles. The van der Waals surface area contributed by atoms with Crippen LogP contribution in [0, 0.1) is 0 Å². The summed E-state index contributed by atoms with van der Waals surface area (Å²) in [5, 5.41) is -0.461. The smallest absolute Gasteiger partial charge is 0.329 e. The number of thioether (sulfide) groups is 1. The van der Waals surface area contributed by atoms with E-state index in [1.54, 1.807) is 33.1 Å². The molecule has 2 atom stereocenters. The zero-order valence-corrected chi connectivity index (χ0v) is 15.9. The van der Waals surface area contributed by atoms with Gasteiger partial charge in [0.25, 0.3) is 5.91 Å². The van der Waals surface area contributed by atoms with Gasteiger partial charge >= 0.3 is 5.97 Å². The van der Waals surface area contributed by atoms with Crippen molar-refractivity contribution in [3.8, 4) is 11.5 Å². The van der Waals surface area contributed by atoms with Crippen LogP contribution in [0.25, 0.3) is 0 Å². The molecule has 8 heteroatoms. The zero-order chi connectivity index (χ0) is 19.1. The lowest BCUT2D eigenvalue weighted by atomic mass is 10.2. The van der Waals surface area contributed by atoms with Crippen LogP contribution in [0.4, 0.5) is 0 Å². The van der Waals surface area contributed by atoms with Crippen LogP contribution in [0.3, 0.4) is 0 Å². The first-order valence-electron chi connectivity index (χ1n) is 8.43. The minimum atomic E-state index is -0.783. The van der Waals surface area contributed by atoms with Crippen LogP contribution in [0.2, 0.25) is 0 Å². The van der Waals surface area contributed by atoms with Crippen LogP contribution in [0.15, 0.2) is 24.3 Å². The molecule has 0 aromatic heterocycles. The van der Waals surface area contributed by atoms with E-state index in [1.165, 1.54) is 16.7 Å². The van der Waals surface area contributed by atoms with Crippen molar-refractivity contribution < 1.29 is 28.6 Å². The lowest BCUT2D eigenvalue weighted by molar-refractivity contribution is -0.156. The largest absolute Gasteiger partial charge is 0.493 e. The molecule has 0 aliphatic carbocycles. The molecule has 1 aromatic rings. The Kier molecular flexibility index (Phi) is 7.32. The van der Waals surface area contributed by atoms with Crippen molar-refractivity contribution in [2.24, 2.45) is 0 Å². The minimum Gasteiger partial charge on any atom is -0.493 e. The molecular formula is C18H23NO6S. The number of amides is 1. The fourth-order valence-electron chi connectivity index (χ4n) is 2.58. The Morgan fingerprint density at radius 3 is 2.50 bits per heavy atom. The van der Waals surface area contributed by atoms with Gasteiger partial charge in [-0.3, -0.25) is 9.59 Å². The van der Waals surface area contributed by atoms with E-state index in [1.807, 2.05) is 12.1 Å². The summed E-state index contributed by atoms with van der Waals surface area (Å²) in [6, 6.07) is 6.37. The highest BCUT2D eigenvalue weighted by Crippen LogP contribution is 2.32. The Labute approximate surface area is 157 Å². The minimum absolute atomic E-state index is 0.0790. The molecule has 142 valence electrons. The summed E-state index contributed by atoms with van der Waals surface area (Å²) in [6.45, 7) is 3.66. The quantitative estimate of drug-likeness (QED) is 0.502. The number of rotatable bonds is 8. The van der Waals surface area contributed by atoms with E-state index in [2.05, 4.69) is 0 Å². The fraction of sp³-hybridized carbons (Fsp3) is 0.500. The van der Waals surface area contributed by atoms with E-state index in [0.29, 0.717) is 17.3 Å². The molecule has 1 heterocycles. The number of carbonyl (C=O) groups excluding carboxylic acids is 3. The standard InChI is InChI=1S/C18H23NO6S/c1-4-13(20)17(21)19-12(18(22)24-5-2)11-26-16(19)10-25-15-9-7-6-8-14(15)23-3/h6-9,12,16H,4-5,10-11H2,1-3H3. The van der Waals surface area contributed by atoms with E-state index in [4.69, 9.17) is 14.2 Å². The molecular weight excluding hydrogens is 358 g/mol. The molecule has 1 saturated heterocycles. The first kappa shape index (κ1) is 20.1. The molecule has 1 amide bonds. The third kappa shape index (κ3) is 4.49. The van der Waals surface area contributed by atoms with Gasteiger partial charge in [-0.05, 0) is 19.1 Å². The van der Waals surface area contributed by atoms with Gasteiger partial charge in [0.05, 0.1) is 13.7 Å². The van der Waals surface area contributed by atoms with Gasteiger partial charge in [-0.1, -0.05) is 19.1 Å². The van der Waals surface area contributed by atoms with Gasteiger partial charge in [-0.25, -0.2) is 4.79 Å². The SMILES string of the molecule is CCOC(=O)C1CSC(COc2ccccc2OC)N1C(=O)C(=O)CC. The monoisotopic (exact) mass is 381 g/mol. The van der Waals surface area contributed by atoms with Crippen molar-refractivity contribution >= 4 is 29.4 Å². The molecule has 1 aliphatic rings. The number of ketones is 1. The van der Waals surface area contributed by atoms with E-state index in [-0.39, 0.29) is 19.6 Å². The zero-order valence-electron chi connectivity index (χ0n) is 15.1. The predicted molar refractivity (Wildman–Crippen MR) is 97.3 cm³/mol. The summed E-state index contributed by atoms with van der Waals surface area (Å²) >= 11 is 1.39. The van der Waals surface area contributed by atoms with Crippen LogP contribution in [-0.4, -0.2) is 60.1 Å². The fourth-order valence-corrected chi connectivity index (χ4v) is 3.85. The highest BCUT2D eigenvalue weighted by molar-refractivity contribution is 8.00. The predicted octanol–water partition coefficient (Wildman–Crippen LogP) is 1.89. The van der Waals surface area contributed by atoms with Crippen molar-refractivity contribution in [2.45, 2.75) is 31.7 Å². The Balaban J connectivity index is 2.16. The van der Waals surface area contributed by atoms with Crippen LogP contribution in [0.1, 0.15) is 20.3 Å². The number of carbonyl (C=O) groups is 3. The Bertz CT molecular complexity index is 665. The second-order valence-corrected chi connectivity index (χ2v) is 6.72. The lowest BCUT2D eigenvalue weighted by Crippen LogP contribution is -2.50. The lowest BCUT2D eigenvalue weighted by Gasteiger charge is -2.27. The summed E-state index contributed by atoms with van der Waals surface area (Å²) < 4.78 is 16.1. The van der Waals surface area contributed by atoms with Crippen molar-refractivity contribution in [2.75, 3.05) is 26.1 Å². The topological polar surface area (TPSA) is 82.1 Å². The number of ether oxygens (including phenoxy) is 3. The van der Waals surface area contributed by atoms with E-state index < -0.39 is 29.1 Å². The second kappa shape index (κ2) is 9.47. The molecule has 0 radical (unpaired) electrons. The second-order valence-electron chi connectivity index (χ2n) is 5.51. The molecule has 0 saturated carbocycles. The number of hydrogen-bond donors (Lipinski definition) is 0. The van der Waals surface area contributed by atoms with Gasteiger partial charge in [-0.15, -0.1) is 11.8 Å². The molecule has 0 spiro atoms. The molecule has 7 nitrogen and oxygen atoms in total. The third-order valence-electron chi connectivity index (χ3n) is 3.90. The Hall–Kier alpha value is -2.22. The van der Waals surface area contributed by atoms with Crippen LogP contribution in [-0.2, 0) is 19.1 Å². The van der Waals surface area contributed by atoms with E-state index >= 15 is 0 Å². The number of Topliss-reactive ketones (excluding diaryl/α,β-unsaturated/α-hetero) is 1. The number of methoxy groups -OCH3 is 1. The van der Waals surface area contributed by atoms with Gasteiger partial charge in [0.2, 0.25) is 5.78 Å². The summed E-state index contributed by atoms with van der Waals surface area (Å²) in [6.07, 6.45) is 0.0790. The summed E-state index contributed by atoms with van der Waals surface area (Å²) in [5.41, 5.74) is 0. The summed E-state index contributed by atoms with van der Waals surface area (Å²) in [5.74, 6) is -0.253. The molecule has 1 aliphatic heterocycles. The van der Waals surface area contributed by atoms with Crippen molar-refractivity contribution in [1.29, 1.82) is 0 Å². The highest BCUT2D eigenvalue weighted by atomic mass is 32.2.